The fourth-order valence-electron chi connectivity index (χ4n) is 2.69. The lowest BCUT2D eigenvalue weighted by molar-refractivity contribution is -0.0149. The van der Waals surface area contributed by atoms with E-state index in [4.69, 9.17) is 9.47 Å². The number of nitrogens with zero attached hydrogens (tertiary/aromatic N) is 1. The minimum absolute atomic E-state index is 0.0220. The molecule has 0 spiro atoms. The molecule has 2 aromatic rings. The Labute approximate surface area is 169 Å². The SMILES string of the molecule is Cc1cn(C2C=CC(COC(=O)NCCc3ccc(Br)cc3)O2)c(=O)[nH]c1=O. The number of H-pyrrole nitrogens is 1. The molecule has 1 aromatic carbocycles. The highest BCUT2D eigenvalue weighted by Crippen LogP contribution is 2.19. The monoisotopic (exact) mass is 449 g/mol. The fourth-order valence-corrected chi connectivity index (χ4v) is 2.95. The molecule has 3 rings (SSSR count). The van der Waals surface area contributed by atoms with Gasteiger partial charge in [0.1, 0.15) is 12.7 Å². The Bertz CT molecular complexity index is 980. The molecule has 1 aliphatic rings. The first-order valence-electron chi connectivity index (χ1n) is 8.73. The third-order valence-corrected chi connectivity index (χ3v) is 4.73. The molecule has 0 radical (unpaired) electrons. The van der Waals surface area contributed by atoms with Crippen molar-refractivity contribution in [3.63, 3.8) is 0 Å². The number of carbonyl (C=O) groups is 1. The molecule has 0 saturated heterocycles. The first-order chi connectivity index (χ1) is 13.4. The second-order valence-corrected chi connectivity index (χ2v) is 7.25. The van der Waals surface area contributed by atoms with Crippen LogP contribution in [0.4, 0.5) is 4.79 Å². The van der Waals surface area contributed by atoms with E-state index >= 15 is 0 Å². The summed E-state index contributed by atoms with van der Waals surface area (Å²) >= 11 is 3.38. The van der Waals surface area contributed by atoms with Gasteiger partial charge in [0.15, 0.2) is 6.23 Å². The molecule has 2 heterocycles. The van der Waals surface area contributed by atoms with Gasteiger partial charge in [-0.2, -0.15) is 0 Å². The number of ether oxygens (including phenoxy) is 2. The van der Waals surface area contributed by atoms with E-state index in [1.54, 1.807) is 19.1 Å². The number of carbonyl (C=O) groups excluding carboxylic acids is 1. The number of amides is 1. The van der Waals surface area contributed by atoms with Crippen molar-refractivity contribution in [2.24, 2.45) is 0 Å². The molecule has 0 aliphatic carbocycles. The Hall–Kier alpha value is -2.65. The van der Waals surface area contributed by atoms with Gasteiger partial charge in [0.2, 0.25) is 0 Å². The summed E-state index contributed by atoms with van der Waals surface area (Å²) in [6.45, 7) is 2.08. The molecule has 0 bridgehead atoms. The zero-order valence-electron chi connectivity index (χ0n) is 15.2. The Morgan fingerprint density at radius 2 is 2.04 bits per heavy atom. The Kier molecular flexibility index (Phi) is 6.48. The molecule has 8 nitrogen and oxygen atoms in total. The summed E-state index contributed by atoms with van der Waals surface area (Å²) in [5.74, 6) is 0. The van der Waals surface area contributed by atoms with Gasteiger partial charge in [-0.1, -0.05) is 34.1 Å². The topological polar surface area (TPSA) is 102 Å². The lowest BCUT2D eigenvalue weighted by Gasteiger charge is -2.16. The number of rotatable bonds is 6. The van der Waals surface area contributed by atoms with Crippen LogP contribution in [0.25, 0.3) is 0 Å². The van der Waals surface area contributed by atoms with E-state index in [0.29, 0.717) is 18.5 Å². The van der Waals surface area contributed by atoms with E-state index in [1.165, 1.54) is 10.8 Å². The van der Waals surface area contributed by atoms with Crippen LogP contribution in [-0.2, 0) is 15.9 Å². The maximum atomic E-state index is 11.9. The highest BCUT2D eigenvalue weighted by molar-refractivity contribution is 9.10. The number of hydrogen-bond donors (Lipinski definition) is 2. The molecular weight excluding hydrogens is 430 g/mol. The third-order valence-electron chi connectivity index (χ3n) is 4.20. The predicted octanol–water partition coefficient (Wildman–Crippen LogP) is 2.03. The summed E-state index contributed by atoms with van der Waals surface area (Å²) in [6.07, 6.45) is 3.87. The van der Waals surface area contributed by atoms with Gasteiger partial charge in [0.25, 0.3) is 5.56 Å². The van der Waals surface area contributed by atoms with Crippen LogP contribution in [-0.4, -0.2) is 34.9 Å². The predicted molar refractivity (Wildman–Crippen MR) is 106 cm³/mol. The summed E-state index contributed by atoms with van der Waals surface area (Å²) in [4.78, 5) is 37.4. The smallest absolute Gasteiger partial charge is 0.407 e. The van der Waals surface area contributed by atoms with Gasteiger partial charge in [-0.3, -0.25) is 14.3 Å². The van der Waals surface area contributed by atoms with Crippen molar-refractivity contribution in [2.45, 2.75) is 25.7 Å². The Balaban J connectivity index is 1.42. The number of aromatic nitrogens is 2. The Morgan fingerprint density at radius 3 is 2.79 bits per heavy atom. The van der Waals surface area contributed by atoms with Crippen molar-refractivity contribution >= 4 is 22.0 Å². The van der Waals surface area contributed by atoms with Crippen molar-refractivity contribution in [1.82, 2.24) is 14.9 Å². The largest absolute Gasteiger partial charge is 0.446 e. The molecule has 148 valence electrons. The highest BCUT2D eigenvalue weighted by atomic mass is 79.9. The van der Waals surface area contributed by atoms with Crippen molar-refractivity contribution in [3.8, 4) is 0 Å². The van der Waals surface area contributed by atoms with E-state index in [-0.39, 0.29) is 6.61 Å². The normalized spacial score (nSPS) is 18.2. The maximum Gasteiger partial charge on any atom is 0.407 e. The minimum Gasteiger partial charge on any atom is -0.446 e. The quantitative estimate of drug-likeness (QED) is 0.656. The van der Waals surface area contributed by atoms with Crippen LogP contribution >= 0.6 is 15.9 Å². The number of aryl methyl sites for hydroxylation is 1. The van der Waals surface area contributed by atoms with E-state index < -0.39 is 29.7 Å². The van der Waals surface area contributed by atoms with Crippen LogP contribution in [0.3, 0.4) is 0 Å². The zero-order chi connectivity index (χ0) is 20.1. The van der Waals surface area contributed by atoms with Crippen LogP contribution in [0, 0.1) is 6.92 Å². The number of halogens is 1. The van der Waals surface area contributed by atoms with Crippen LogP contribution in [0.5, 0.6) is 0 Å². The average Bonchev–Trinajstić information content (AvgIpc) is 3.13. The van der Waals surface area contributed by atoms with E-state index in [0.717, 1.165) is 10.0 Å². The molecule has 2 atom stereocenters. The average molecular weight is 450 g/mol. The molecule has 1 aliphatic heterocycles. The first kappa shape index (κ1) is 20.1. The molecule has 1 aromatic heterocycles. The van der Waals surface area contributed by atoms with Gasteiger partial charge in [-0.15, -0.1) is 0 Å². The number of nitrogens with one attached hydrogen (secondary N) is 2. The van der Waals surface area contributed by atoms with Gasteiger partial charge in [-0.05, 0) is 37.1 Å². The number of aromatic amines is 1. The fraction of sp³-hybridized carbons (Fsp3) is 0.316. The second-order valence-electron chi connectivity index (χ2n) is 6.33. The standard InChI is InChI=1S/C19H20BrN3O5/c1-12-10-23(18(25)22-17(12)24)16-7-6-15(28-16)11-27-19(26)21-9-8-13-2-4-14(20)5-3-13/h2-7,10,15-16H,8-9,11H2,1H3,(H,21,26)(H,22,24,25). The van der Waals surface area contributed by atoms with Crippen LogP contribution in [0.15, 0.2) is 56.7 Å². The lowest BCUT2D eigenvalue weighted by atomic mass is 10.1. The highest BCUT2D eigenvalue weighted by Gasteiger charge is 2.23. The molecule has 2 unspecified atom stereocenters. The summed E-state index contributed by atoms with van der Waals surface area (Å²) in [5, 5.41) is 2.69. The van der Waals surface area contributed by atoms with Gasteiger partial charge < -0.3 is 14.8 Å². The van der Waals surface area contributed by atoms with Crippen LogP contribution in [0.2, 0.25) is 0 Å². The van der Waals surface area contributed by atoms with Crippen LogP contribution in [0.1, 0.15) is 17.4 Å². The molecule has 0 fully saturated rings. The third kappa shape index (κ3) is 5.20. The lowest BCUT2D eigenvalue weighted by Crippen LogP contribution is -2.34. The van der Waals surface area contributed by atoms with Crippen molar-refractivity contribution in [3.05, 3.63) is 79.1 Å². The first-order valence-corrected chi connectivity index (χ1v) is 9.52. The van der Waals surface area contributed by atoms with Crippen molar-refractivity contribution < 1.29 is 14.3 Å². The molecule has 9 heteroatoms. The van der Waals surface area contributed by atoms with Crippen LogP contribution < -0.4 is 16.6 Å². The number of alkyl carbamates (subject to hydrolysis) is 1. The number of hydrogen-bond acceptors (Lipinski definition) is 5. The van der Waals surface area contributed by atoms with Gasteiger partial charge in [0.05, 0.1) is 0 Å². The number of benzene rings is 1. The molecule has 0 saturated carbocycles. The summed E-state index contributed by atoms with van der Waals surface area (Å²) in [6, 6.07) is 7.86. The van der Waals surface area contributed by atoms with Crippen molar-refractivity contribution in [1.29, 1.82) is 0 Å². The zero-order valence-corrected chi connectivity index (χ0v) is 16.8. The maximum absolute atomic E-state index is 11.9. The minimum atomic E-state index is -0.655. The van der Waals surface area contributed by atoms with Gasteiger partial charge in [0, 0.05) is 22.8 Å². The molecule has 28 heavy (non-hydrogen) atoms. The van der Waals surface area contributed by atoms with Gasteiger partial charge in [-0.25, -0.2) is 9.59 Å². The second kappa shape index (κ2) is 9.03. The molecule has 1 amide bonds. The Morgan fingerprint density at radius 1 is 1.29 bits per heavy atom. The summed E-state index contributed by atoms with van der Waals surface area (Å²) < 4.78 is 13.1. The molecule has 2 N–H and O–H groups in total. The molecular formula is C19H20BrN3O5. The van der Waals surface area contributed by atoms with Crippen molar-refractivity contribution in [2.75, 3.05) is 13.2 Å². The van der Waals surface area contributed by atoms with E-state index in [2.05, 4.69) is 26.2 Å². The van der Waals surface area contributed by atoms with Gasteiger partial charge >= 0.3 is 11.8 Å². The summed E-state index contributed by atoms with van der Waals surface area (Å²) in [5.41, 5.74) is 0.525. The van der Waals surface area contributed by atoms with E-state index in [1.807, 2.05) is 24.3 Å². The summed E-state index contributed by atoms with van der Waals surface area (Å²) in [7, 11) is 0. The van der Waals surface area contributed by atoms with E-state index in [9.17, 15) is 14.4 Å².